The van der Waals surface area contributed by atoms with Gasteiger partial charge in [-0.05, 0) is 82.1 Å². The molecule has 0 aliphatic carbocycles. The van der Waals surface area contributed by atoms with Crippen LogP contribution in [0.1, 0.15) is 134 Å². The molecule has 0 saturated heterocycles. The molecular weight excluding hydrogens is 671 g/mol. The van der Waals surface area contributed by atoms with Gasteiger partial charge in [-0.25, -0.2) is 9.59 Å². The van der Waals surface area contributed by atoms with E-state index in [0.29, 0.717) is 33.1 Å². The van der Waals surface area contributed by atoms with Crippen LogP contribution in [-0.4, -0.2) is 41.8 Å². The van der Waals surface area contributed by atoms with Gasteiger partial charge in [-0.3, -0.25) is 0 Å². The zero-order valence-corrected chi connectivity index (χ0v) is 33.3. The van der Waals surface area contributed by atoms with Crippen molar-refractivity contribution in [2.45, 2.75) is 137 Å². The van der Waals surface area contributed by atoms with Crippen LogP contribution in [0, 0.1) is 11.7 Å². The smallest absolute Gasteiger partial charge is 0.336 e. The van der Waals surface area contributed by atoms with Gasteiger partial charge < -0.3 is 29.1 Å². The molecule has 1 aliphatic rings. The molecule has 52 heavy (non-hydrogen) atoms. The quantitative estimate of drug-likeness (QED) is 0.0603. The first-order chi connectivity index (χ1) is 25.2. The minimum absolute atomic E-state index is 0.184. The van der Waals surface area contributed by atoms with Crippen molar-refractivity contribution in [1.82, 2.24) is 14.9 Å². The molecule has 0 amide bonds. The molecule has 2 aromatic carbocycles. The second-order valence-electron chi connectivity index (χ2n) is 14.0. The number of unbranched alkanes of at least 4 members (excludes halogenated alkanes) is 12. The van der Waals surface area contributed by atoms with Crippen molar-refractivity contribution in [1.29, 1.82) is 0 Å². The number of aromatic amines is 1. The van der Waals surface area contributed by atoms with Gasteiger partial charge in [-0.2, -0.15) is 0 Å². The summed E-state index contributed by atoms with van der Waals surface area (Å²) in [6, 6.07) is 12.1. The highest BCUT2D eigenvalue weighted by molar-refractivity contribution is 7.71. The number of carbonyl (C=O) groups is 2. The van der Waals surface area contributed by atoms with Crippen LogP contribution >= 0.6 is 12.2 Å². The lowest BCUT2D eigenvalue weighted by atomic mass is 9.77. The molecule has 3 aromatic rings. The summed E-state index contributed by atoms with van der Waals surface area (Å²) >= 11 is 5.79. The molecule has 0 bridgehead atoms. The number of H-pyrrole nitrogens is 1. The van der Waals surface area contributed by atoms with E-state index >= 15 is 0 Å². The van der Waals surface area contributed by atoms with Gasteiger partial charge in [0.25, 0.3) is 0 Å². The first-order valence-electron chi connectivity index (χ1n) is 19.7. The SMILES string of the molecule is CCCCCCCCCCCCCCCc1cccc(OC)c1C1C(C(=O)OCC)=C(C)NC(Cn2c(=S)[nH]c3cc(C)ccc32)=C1C(=O)OCC. The van der Waals surface area contributed by atoms with Gasteiger partial charge in [0.1, 0.15) is 5.75 Å². The number of allylic oxidation sites excluding steroid dienone is 2. The Morgan fingerprint density at radius 1 is 0.788 bits per heavy atom. The monoisotopic (exact) mass is 731 g/mol. The van der Waals surface area contributed by atoms with E-state index in [1.165, 1.54) is 70.6 Å². The fourth-order valence-electron chi connectivity index (χ4n) is 7.48. The summed E-state index contributed by atoms with van der Waals surface area (Å²) in [7, 11) is 1.64. The van der Waals surface area contributed by atoms with Crippen LogP contribution in [0.5, 0.6) is 5.75 Å². The first kappa shape index (κ1) is 40.9. The minimum Gasteiger partial charge on any atom is -0.496 e. The van der Waals surface area contributed by atoms with E-state index in [4.69, 9.17) is 26.4 Å². The number of benzene rings is 2. The Labute approximate surface area is 316 Å². The minimum atomic E-state index is -0.774. The molecule has 2 heterocycles. The van der Waals surface area contributed by atoms with Crippen molar-refractivity contribution in [2.24, 2.45) is 0 Å². The van der Waals surface area contributed by atoms with E-state index in [1.807, 2.05) is 42.7 Å². The van der Waals surface area contributed by atoms with Gasteiger partial charge in [-0.15, -0.1) is 0 Å². The molecule has 1 aliphatic heterocycles. The molecule has 0 saturated carbocycles. The van der Waals surface area contributed by atoms with Crippen molar-refractivity contribution in [3.63, 3.8) is 0 Å². The van der Waals surface area contributed by atoms with Crippen molar-refractivity contribution in [3.05, 3.63) is 80.4 Å². The summed E-state index contributed by atoms with van der Waals surface area (Å²) in [6.45, 7) is 10.4. The second-order valence-corrected chi connectivity index (χ2v) is 14.4. The average molecular weight is 732 g/mol. The Hall–Kier alpha value is -3.85. The van der Waals surface area contributed by atoms with Crippen molar-refractivity contribution in [3.8, 4) is 5.75 Å². The van der Waals surface area contributed by atoms with Crippen LogP contribution in [0.15, 0.2) is 58.9 Å². The maximum absolute atomic E-state index is 14.2. The Balaban J connectivity index is 1.64. The normalized spacial score (nSPS) is 14.5. The van der Waals surface area contributed by atoms with E-state index < -0.39 is 17.9 Å². The number of imidazole rings is 1. The maximum atomic E-state index is 14.2. The zero-order valence-electron chi connectivity index (χ0n) is 32.5. The highest BCUT2D eigenvalue weighted by atomic mass is 32.1. The number of carbonyl (C=O) groups excluding carboxylic acids is 2. The molecule has 8 nitrogen and oxygen atoms in total. The van der Waals surface area contributed by atoms with Gasteiger partial charge in [0, 0.05) is 17.0 Å². The van der Waals surface area contributed by atoms with E-state index in [0.717, 1.165) is 47.0 Å². The summed E-state index contributed by atoms with van der Waals surface area (Å²) in [5.74, 6) is -1.13. The number of methoxy groups -OCH3 is 1. The molecule has 1 unspecified atom stereocenters. The number of dihydropyridines is 1. The molecule has 2 N–H and O–H groups in total. The lowest BCUT2D eigenvalue weighted by molar-refractivity contribution is -0.139. The van der Waals surface area contributed by atoms with Crippen molar-refractivity contribution < 1.29 is 23.8 Å². The fourth-order valence-corrected chi connectivity index (χ4v) is 7.75. The first-order valence-corrected chi connectivity index (χ1v) is 20.1. The number of fused-ring (bicyclic) bond motifs is 1. The molecule has 9 heteroatoms. The Kier molecular flexibility index (Phi) is 16.5. The van der Waals surface area contributed by atoms with E-state index in [1.54, 1.807) is 21.0 Å². The fraction of sp³-hybridized carbons (Fsp3) is 0.558. The second kappa shape index (κ2) is 21.0. The molecular formula is C43H61N3O5S. The van der Waals surface area contributed by atoms with Crippen LogP contribution in [0.25, 0.3) is 11.0 Å². The van der Waals surface area contributed by atoms with Crippen molar-refractivity contribution in [2.75, 3.05) is 20.3 Å². The lowest BCUT2D eigenvalue weighted by Crippen LogP contribution is -2.35. The summed E-state index contributed by atoms with van der Waals surface area (Å²) < 4.78 is 19.9. The van der Waals surface area contributed by atoms with Gasteiger partial charge in [0.15, 0.2) is 4.77 Å². The molecule has 284 valence electrons. The van der Waals surface area contributed by atoms with Gasteiger partial charge in [0.05, 0.1) is 55.0 Å². The summed E-state index contributed by atoms with van der Waals surface area (Å²) in [4.78, 5) is 31.3. The predicted octanol–water partition coefficient (Wildman–Crippen LogP) is 10.7. The maximum Gasteiger partial charge on any atom is 0.336 e. The summed E-state index contributed by atoms with van der Waals surface area (Å²) in [6.07, 6.45) is 17.5. The number of nitrogens with zero attached hydrogens (tertiary/aromatic N) is 1. The van der Waals surface area contributed by atoms with Gasteiger partial charge in [0.2, 0.25) is 0 Å². The van der Waals surface area contributed by atoms with Crippen LogP contribution in [0.4, 0.5) is 0 Å². The predicted molar refractivity (Wildman–Crippen MR) is 213 cm³/mol. The standard InChI is InChI=1S/C43H61N3O5S/c1-7-10-11-12-13-14-15-16-17-18-19-20-21-23-32-24-22-25-36(49-6)38(32)40-37(41(47)50-8-2)31(5)44-34(39(40)42(48)51-9-3)29-46-35-27-26-30(4)28-33(35)45-43(46)52/h22,24-28,40,44H,7-21,23,29H2,1-6H3,(H,45,52). The number of rotatable bonds is 22. The average Bonchev–Trinajstić information content (AvgIpc) is 3.42. The molecule has 0 spiro atoms. The van der Waals surface area contributed by atoms with Crippen LogP contribution in [-0.2, 0) is 32.0 Å². The molecule has 1 atom stereocenters. The Morgan fingerprint density at radius 3 is 1.98 bits per heavy atom. The highest BCUT2D eigenvalue weighted by Gasteiger charge is 2.41. The largest absolute Gasteiger partial charge is 0.496 e. The number of hydrogen-bond acceptors (Lipinski definition) is 7. The lowest BCUT2D eigenvalue weighted by Gasteiger charge is -2.33. The molecule has 1 aromatic heterocycles. The summed E-state index contributed by atoms with van der Waals surface area (Å²) in [5, 5.41) is 3.42. The molecule has 0 fully saturated rings. The number of ether oxygens (including phenoxy) is 3. The number of hydrogen-bond donors (Lipinski definition) is 2. The van der Waals surface area contributed by atoms with Crippen molar-refractivity contribution >= 4 is 35.2 Å². The number of aromatic nitrogens is 2. The molecule has 4 rings (SSSR count). The van der Waals surface area contributed by atoms with Crippen LogP contribution in [0.3, 0.4) is 0 Å². The van der Waals surface area contributed by atoms with Crippen LogP contribution < -0.4 is 10.1 Å². The van der Waals surface area contributed by atoms with Crippen LogP contribution in [0.2, 0.25) is 0 Å². The number of nitrogens with one attached hydrogen (secondary N) is 2. The topological polar surface area (TPSA) is 94.6 Å². The third kappa shape index (κ3) is 10.6. The summed E-state index contributed by atoms with van der Waals surface area (Å²) in [5.41, 5.74) is 6.76. The van der Waals surface area contributed by atoms with Gasteiger partial charge >= 0.3 is 11.9 Å². The van der Waals surface area contributed by atoms with E-state index in [-0.39, 0.29) is 19.8 Å². The Bertz CT molecular complexity index is 1770. The molecule has 0 radical (unpaired) electrons. The number of aryl methyl sites for hydroxylation is 2. The third-order valence-electron chi connectivity index (χ3n) is 10.1. The highest BCUT2D eigenvalue weighted by Crippen LogP contribution is 2.45. The zero-order chi connectivity index (χ0) is 37.5. The third-order valence-corrected chi connectivity index (χ3v) is 10.4. The van der Waals surface area contributed by atoms with E-state index in [9.17, 15) is 9.59 Å². The van der Waals surface area contributed by atoms with Gasteiger partial charge in [-0.1, -0.05) is 102 Å². The number of esters is 2. The Morgan fingerprint density at radius 2 is 1.38 bits per heavy atom. The van der Waals surface area contributed by atoms with E-state index in [2.05, 4.69) is 29.4 Å².